The molecule has 0 N–H and O–H groups in total. The van der Waals surface area contributed by atoms with Crippen LogP contribution in [0.1, 0.15) is 57.1 Å². The van der Waals surface area contributed by atoms with Gasteiger partial charge in [-0.3, -0.25) is 9.69 Å². The highest BCUT2D eigenvalue weighted by Crippen LogP contribution is 2.43. The summed E-state index contributed by atoms with van der Waals surface area (Å²) in [4.78, 5) is 23.1. The molecule has 2 aromatic heterocycles. The van der Waals surface area contributed by atoms with Gasteiger partial charge in [0.25, 0.3) is 5.91 Å². The molecule has 3 nitrogen and oxygen atoms in total. The molecule has 5 rings (SSSR count). The van der Waals surface area contributed by atoms with Gasteiger partial charge in [0.1, 0.15) is 0 Å². The van der Waals surface area contributed by atoms with E-state index in [0.717, 1.165) is 49.9 Å². The first-order valence-corrected chi connectivity index (χ1v) is 12.1. The van der Waals surface area contributed by atoms with Crippen molar-refractivity contribution < 1.29 is 4.79 Å². The van der Waals surface area contributed by atoms with E-state index < -0.39 is 0 Å². The third-order valence-electron chi connectivity index (χ3n) is 6.51. The third-order valence-corrected chi connectivity index (χ3v) is 8.82. The normalized spacial score (nSPS) is 21.1. The van der Waals surface area contributed by atoms with Crippen LogP contribution in [0, 0.1) is 6.92 Å². The van der Waals surface area contributed by atoms with Crippen LogP contribution in [0.5, 0.6) is 0 Å². The summed E-state index contributed by atoms with van der Waals surface area (Å²) in [5.41, 5.74) is 2.78. The summed E-state index contributed by atoms with van der Waals surface area (Å²) >= 11 is 3.64. The fourth-order valence-corrected chi connectivity index (χ4v) is 7.36. The lowest BCUT2D eigenvalue weighted by Gasteiger charge is -2.40. The summed E-state index contributed by atoms with van der Waals surface area (Å²) in [6, 6.07) is 5.27. The third kappa shape index (κ3) is 3.39. The van der Waals surface area contributed by atoms with Gasteiger partial charge < -0.3 is 4.90 Å². The molecule has 1 amide bonds. The van der Waals surface area contributed by atoms with Crippen LogP contribution in [0.25, 0.3) is 10.4 Å². The van der Waals surface area contributed by atoms with E-state index in [-0.39, 0.29) is 5.91 Å². The van der Waals surface area contributed by atoms with Crippen molar-refractivity contribution in [3.8, 4) is 10.4 Å². The molecule has 2 aromatic rings. The second-order valence-electron chi connectivity index (χ2n) is 8.28. The van der Waals surface area contributed by atoms with Gasteiger partial charge in [0, 0.05) is 52.4 Å². The lowest BCUT2D eigenvalue weighted by atomic mass is 9.94. The number of fused-ring (bicyclic) bond motifs is 3. The quantitative estimate of drug-likeness (QED) is 0.710. The number of carbonyl (C=O) groups excluding carboxylic acids is 1. The van der Waals surface area contributed by atoms with E-state index in [0.29, 0.717) is 0 Å². The molecule has 5 heteroatoms. The summed E-state index contributed by atoms with van der Waals surface area (Å²) in [6.45, 7) is 6.07. The zero-order valence-electron chi connectivity index (χ0n) is 16.1. The van der Waals surface area contributed by atoms with Crippen molar-refractivity contribution in [2.75, 3.05) is 26.2 Å². The molecule has 0 bridgehead atoms. The zero-order valence-corrected chi connectivity index (χ0v) is 17.8. The first kappa shape index (κ1) is 17.9. The largest absolute Gasteiger partial charge is 0.335 e. The van der Waals surface area contributed by atoms with E-state index in [1.54, 1.807) is 11.3 Å². The number of thiophene rings is 2. The summed E-state index contributed by atoms with van der Waals surface area (Å²) < 4.78 is 0. The minimum Gasteiger partial charge on any atom is -0.335 e. The minimum atomic E-state index is 0.256. The molecule has 27 heavy (non-hydrogen) atoms. The first-order valence-electron chi connectivity index (χ1n) is 10.4. The average molecular weight is 401 g/mol. The molecule has 1 aliphatic heterocycles. The highest BCUT2D eigenvalue weighted by molar-refractivity contribution is 7.18. The molecule has 1 saturated carbocycles. The molecule has 3 aliphatic rings. The molecule has 1 saturated heterocycles. The number of piperazine rings is 1. The van der Waals surface area contributed by atoms with Crippen molar-refractivity contribution in [1.82, 2.24) is 9.80 Å². The van der Waals surface area contributed by atoms with E-state index >= 15 is 0 Å². The molecular formula is C22H28N2OS2. The Hall–Kier alpha value is -1.17. The first-order chi connectivity index (χ1) is 13.2. The van der Waals surface area contributed by atoms with Crippen LogP contribution in [0.4, 0.5) is 0 Å². The molecule has 2 aliphatic carbocycles. The van der Waals surface area contributed by atoms with Gasteiger partial charge in [-0.25, -0.2) is 0 Å². The van der Waals surface area contributed by atoms with Crippen molar-refractivity contribution in [2.45, 2.75) is 57.9 Å². The lowest BCUT2D eigenvalue weighted by molar-refractivity contribution is 0.0527. The van der Waals surface area contributed by atoms with Crippen molar-refractivity contribution in [2.24, 2.45) is 0 Å². The predicted octanol–water partition coefficient (Wildman–Crippen LogP) is 4.97. The van der Waals surface area contributed by atoms with Crippen LogP contribution in [-0.2, 0) is 12.8 Å². The maximum atomic E-state index is 13.1. The minimum absolute atomic E-state index is 0.256. The average Bonchev–Trinajstić information content (AvgIpc) is 3.31. The standard InChI is InChI=1S/C22H28N2OS2/c1-15-13-18-19(26-15)8-7-16-14-20(27-21(16)18)22(25)24-11-9-23(10-12-24)17-5-3-2-4-6-17/h13-14,17H,2-12H2,1H3. The number of aryl methyl sites for hydroxylation is 3. The van der Waals surface area contributed by atoms with Gasteiger partial charge in [0.05, 0.1) is 4.88 Å². The molecule has 144 valence electrons. The van der Waals surface area contributed by atoms with Gasteiger partial charge in [-0.2, -0.15) is 0 Å². The second kappa shape index (κ2) is 7.34. The fraction of sp³-hybridized carbons (Fsp3) is 0.591. The van der Waals surface area contributed by atoms with Crippen molar-refractivity contribution in [3.63, 3.8) is 0 Å². The number of rotatable bonds is 2. The van der Waals surface area contributed by atoms with Crippen molar-refractivity contribution in [1.29, 1.82) is 0 Å². The summed E-state index contributed by atoms with van der Waals surface area (Å²) in [6.07, 6.45) is 9.10. The fourth-order valence-electron chi connectivity index (χ4n) is 5.03. The Bertz CT molecular complexity index is 839. The maximum Gasteiger partial charge on any atom is 0.264 e. The Morgan fingerprint density at radius 1 is 1.00 bits per heavy atom. The highest BCUT2D eigenvalue weighted by Gasteiger charge is 2.29. The van der Waals surface area contributed by atoms with Crippen LogP contribution in [0.2, 0.25) is 0 Å². The molecule has 0 atom stereocenters. The molecular weight excluding hydrogens is 372 g/mol. The van der Waals surface area contributed by atoms with E-state index in [4.69, 9.17) is 0 Å². The van der Waals surface area contributed by atoms with Crippen LogP contribution in [-0.4, -0.2) is 47.9 Å². The van der Waals surface area contributed by atoms with Gasteiger partial charge in [0.15, 0.2) is 0 Å². The van der Waals surface area contributed by atoms with Gasteiger partial charge in [-0.1, -0.05) is 19.3 Å². The van der Waals surface area contributed by atoms with E-state index in [2.05, 4.69) is 28.9 Å². The molecule has 3 heterocycles. The van der Waals surface area contributed by atoms with Gasteiger partial charge in [-0.05, 0) is 50.3 Å². The lowest BCUT2D eigenvalue weighted by Crippen LogP contribution is -2.52. The SMILES string of the molecule is Cc1cc2c(s1)CCc1cc(C(=O)N3CCN(C4CCCCC4)CC3)sc1-2. The smallest absolute Gasteiger partial charge is 0.264 e. The number of hydrogen-bond donors (Lipinski definition) is 0. The number of hydrogen-bond acceptors (Lipinski definition) is 4. The van der Waals surface area contributed by atoms with Gasteiger partial charge in [0.2, 0.25) is 0 Å². The molecule has 0 radical (unpaired) electrons. The molecule has 0 spiro atoms. The summed E-state index contributed by atoms with van der Waals surface area (Å²) in [5, 5.41) is 0. The number of nitrogens with zero attached hydrogens (tertiary/aromatic N) is 2. The van der Waals surface area contributed by atoms with E-state index in [9.17, 15) is 4.79 Å². The van der Waals surface area contributed by atoms with Gasteiger partial charge in [-0.15, -0.1) is 22.7 Å². The summed E-state index contributed by atoms with van der Waals surface area (Å²) in [7, 11) is 0. The zero-order chi connectivity index (χ0) is 18.4. The van der Waals surface area contributed by atoms with E-state index in [1.807, 2.05) is 11.3 Å². The monoisotopic (exact) mass is 400 g/mol. The maximum absolute atomic E-state index is 13.1. The molecule has 0 aromatic carbocycles. The Labute approximate surface area is 170 Å². The Morgan fingerprint density at radius 2 is 1.78 bits per heavy atom. The van der Waals surface area contributed by atoms with E-state index in [1.165, 1.54) is 57.9 Å². The van der Waals surface area contributed by atoms with Crippen LogP contribution in [0.15, 0.2) is 12.1 Å². The Balaban J connectivity index is 1.28. The van der Waals surface area contributed by atoms with Crippen LogP contribution in [0.3, 0.4) is 0 Å². The highest BCUT2D eigenvalue weighted by atomic mass is 32.1. The second-order valence-corrected chi connectivity index (χ2v) is 10.7. The number of carbonyl (C=O) groups is 1. The van der Waals surface area contributed by atoms with Crippen molar-refractivity contribution in [3.05, 3.63) is 32.3 Å². The number of amides is 1. The van der Waals surface area contributed by atoms with Crippen LogP contribution >= 0.6 is 22.7 Å². The Kier molecular flexibility index (Phi) is 4.87. The Morgan fingerprint density at radius 3 is 2.56 bits per heavy atom. The van der Waals surface area contributed by atoms with Crippen LogP contribution < -0.4 is 0 Å². The van der Waals surface area contributed by atoms with Gasteiger partial charge >= 0.3 is 0 Å². The molecule has 2 fully saturated rings. The topological polar surface area (TPSA) is 23.6 Å². The summed E-state index contributed by atoms with van der Waals surface area (Å²) in [5.74, 6) is 0.256. The molecule has 0 unspecified atom stereocenters. The van der Waals surface area contributed by atoms with Crippen molar-refractivity contribution >= 4 is 28.6 Å². The predicted molar refractivity (Wildman–Crippen MR) is 114 cm³/mol.